The zero-order chi connectivity index (χ0) is 19.3. The first kappa shape index (κ1) is 19.7. The molecule has 7 heteroatoms. The number of nitrogens with one attached hydrogen (secondary N) is 2. The van der Waals surface area contributed by atoms with Gasteiger partial charge in [0.25, 0.3) is 0 Å². The van der Waals surface area contributed by atoms with Crippen molar-refractivity contribution < 1.29 is 8.42 Å². The molecule has 140 valence electrons. The predicted octanol–water partition coefficient (Wildman–Crippen LogP) is 5.13. The maximum atomic E-state index is 12.6. The van der Waals surface area contributed by atoms with Crippen molar-refractivity contribution in [3.8, 4) is 0 Å². The van der Waals surface area contributed by atoms with Gasteiger partial charge >= 0.3 is 0 Å². The second-order valence-electron chi connectivity index (χ2n) is 5.89. The van der Waals surface area contributed by atoms with Crippen LogP contribution in [0.3, 0.4) is 0 Å². The molecule has 4 nitrogen and oxygen atoms in total. The minimum Gasteiger partial charge on any atom is -0.376 e. The van der Waals surface area contributed by atoms with E-state index >= 15 is 0 Å². The number of anilines is 1. The van der Waals surface area contributed by atoms with E-state index in [2.05, 4.69) is 10.0 Å². The zero-order valence-corrected chi connectivity index (χ0v) is 16.6. The number of rotatable bonds is 7. The van der Waals surface area contributed by atoms with Crippen molar-refractivity contribution in [2.45, 2.75) is 10.9 Å². The summed E-state index contributed by atoms with van der Waals surface area (Å²) in [5.41, 5.74) is 1.68. The van der Waals surface area contributed by atoms with Gasteiger partial charge in [0.05, 0.1) is 21.6 Å². The van der Waals surface area contributed by atoms with E-state index in [1.54, 1.807) is 18.2 Å². The number of para-hydroxylation sites is 1. The largest absolute Gasteiger partial charge is 0.376 e. The zero-order valence-electron chi connectivity index (χ0n) is 14.3. The second-order valence-corrected chi connectivity index (χ2v) is 8.50. The Morgan fingerprint density at radius 2 is 1.44 bits per heavy atom. The van der Waals surface area contributed by atoms with Crippen molar-refractivity contribution in [2.75, 3.05) is 11.9 Å². The fourth-order valence-corrected chi connectivity index (χ4v) is 3.96. The fourth-order valence-electron chi connectivity index (χ4n) is 2.59. The van der Waals surface area contributed by atoms with Crippen molar-refractivity contribution in [1.82, 2.24) is 4.72 Å². The van der Waals surface area contributed by atoms with Gasteiger partial charge in [-0.3, -0.25) is 0 Å². The van der Waals surface area contributed by atoms with Crippen molar-refractivity contribution in [1.29, 1.82) is 0 Å². The lowest BCUT2D eigenvalue weighted by molar-refractivity contribution is 0.576. The molecule has 0 amide bonds. The van der Waals surface area contributed by atoms with Crippen LogP contribution in [-0.4, -0.2) is 15.0 Å². The summed E-state index contributed by atoms with van der Waals surface area (Å²) >= 11 is 12.1. The number of benzene rings is 3. The molecule has 0 aliphatic carbocycles. The molecule has 0 unspecified atom stereocenters. The molecule has 3 rings (SSSR count). The highest BCUT2D eigenvalue weighted by Gasteiger charge is 2.19. The lowest BCUT2D eigenvalue weighted by atomic mass is 10.1. The van der Waals surface area contributed by atoms with Gasteiger partial charge in [-0.25, -0.2) is 13.1 Å². The van der Waals surface area contributed by atoms with Crippen LogP contribution in [0.15, 0.2) is 83.8 Å². The van der Waals surface area contributed by atoms with Gasteiger partial charge in [-0.2, -0.15) is 0 Å². The van der Waals surface area contributed by atoms with Crippen molar-refractivity contribution in [3.63, 3.8) is 0 Å². The summed E-state index contributed by atoms with van der Waals surface area (Å²) in [6.07, 6.45) is 0. The van der Waals surface area contributed by atoms with Crippen LogP contribution >= 0.6 is 23.2 Å². The Kier molecular flexibility index (Phi) is 6.39. The van der Waals surface area contributed by atoms with E-state index in [1.807, 2.05) is 48.5 Å². The van der Waals surface area contributed by atoms with Crippen LogP contribution < -0.4 is 10.0 Å². The first-order chi connectivity index (χ1) is 13.0. The van der Waals surface area contributed by atoms with Gasteiger partial charge < -0.3 is 5.32 Å². The minimum atomic E-state index is -3.66. The lowest BCUT2D eigenvalue weighted by Crippen LogP contribution is -2.31. The van der Waals surface area contributed by atoms with Crippen LogP contribution in [0, 0.1) is 0 Å². The molecule has 0 heterocycles. The van der Waals surface area contributed by atoms with Crippen LogP contribution in [0.1, 0.15) is 11.6 Å². The van der Waals surface area contributed by atoms with Gasteiger partial charge in [0, 0.05) is 11.6 Å². The van der Waals surface area contributed by atoms with Crippen LogP contribution in [0.2, 0.25) is 10.0 Å². The first-order valence-corrected chi connectivity index (χ1v) is 10.5. The summed E-state index contributed by atoms with van der Waals surface area (Å²) in [7, 11) is -3.66. The predicted molar refractivity (Wildman–Crippen MR) is 111 cm³/mol. The molecule has 3 aromatic rings. The Morgan fingerprint density at radius 3 is 2.11 bits per heavy atom. The van der Waals surface area contributed by atoms with Crippen molar-refractivity contribution in [3.05, 3.63) is 94.5 Å². The average molecular weight is 421 g/mol. The van der Waals surface area contributed by atoms with Gasteiger partial charge in [0.15, 0.2) is 0 Å². The topological polar surface area (TPSA) is 58.2 Å². The Balaban J connectivity index is 1.81. The van der Waals surface area contributed by atoms with E-state index in [4.69, 9.17) is 23.2 Å². The summed E-state index contributed by atoms with van der Waals surface area (Å²) in [6, 6.07) is 22.7. The molecule has 0 bridgehead atoms. The number of hydrogen-bond acceptors (Lipinski definition) is 3. The quantitative estimate of drug-likeness (QED) is 0.557. The highest BCUT2D eigenvalue weighted by atomic mass is 35.5. The van der Waals surface area contributed by atoms with Gasteiger partial charge in [0.2, 0.25) is 10.0 Å². The summed E-state index contributed by atoms with van der Waals surface area (Å²) in [5, 5.41) is 4.37. The summed E-state index contributed by atoms with van der Waals surface area (Å²) in [4.78, 5) is 0.163. The lowest BCUT2D eigenvalue weighted by Gasteiger charge is -2.22. The Labute approximate surface area is 169 Å². The molecule has 2 N–H and O–H groups in total. The minimum absolute atomic E-state index is 0.153. The molecular formula is C20H18Cl2N2O2S. The van der Waals surface area contributed by atoms with E-state index in [1.165, 1.54) is 12.1 Å². The Bertz CT molecular complexity index is 994. The first-order valence-electron chi connectivity index (χ1n) is 8.27. The molecule has 0 aliphatic heterocycles. The fraction of sp³-hybridized carbons (Fsp3) is 0.100. The normalized spacial score (nSPS) is 12.5. The summed E-state index contributed by atoms with van der Waals surface area (Å²) in [5.74, 6) is 0. The number of halogens is 2. The van der Waals surface area contributed by atoms with E-state index < -0.39 is 10.0 Å². The SMILES string of the molecule is O=S(=O)(NC[C@H](Nc1ccccc1Cl)c1ccccc1)c1ccc(Cl)cc1. The van der Waals surface area contributed by atoms with E-state index in [0.29, 0.717) is 10.0 Å². The molecular weight excluding hydrogens is 403 g/mol. The standard InChI is InChI=1S/C20H18Cl2N2O2S/c21-16-10-12-17(13-11-16)27(25,26)23-14-20(15-6-2-1-3-7-15)24-19-9-5-4-8-18(19)22/h1-13,20,23-24H,14H2/t20-/m0/s1. The van der Waals surface area contributed by atoms with E-state index in [9.17, 15) is 8.42 Å². The third kappa shape index (κ3) is 5.23. The molecule has 0 spiro atoms. The van der Waals surface area contributed by atoms with Gasteiger partial charge in [0.1, 0.15) is 0 Å². The van der Waals surface area contributed by atoms with Gasteiger partial charge in [-0.05, 0) is 42.0 Å². The summed E-state index contributed by atoms with van der Waals surface area (Å²) in [6.45, 7) is 0.153. The van der Waals surface area contributed by atoms with E-state index in [-0.39, 0.29) is 17.5 Å². The molecule has 0 radical (unpaired) electrons. The highest BCUT2D eigenvalue weighted by Crippen LogP contribution is 2.26. The monoisotopic (exact) mass is 420 g/mol. The average Bonchev–Trinajstić information content (AvgIpc) is 2.67. The third-order valence-electron chi connectivity index (χ3n) is 4.01. The van der Waals surface area contributed by atoms with E-state index in [0.717, 1.165) is 11.3 Å². The van der Waals surface area contributed by atoms with Crippen LogP contribution in [-0.2, 0) is 10.0 Å². The number of hydrogen-bond donors (Lipinski definition) is 2. The molecule has 0 fully saturated rings. The van der Waals surface area contributed by atoms with Crippen LogP contribution in [0.5, 0.6) is 0 Å². The molecule has 0 aromatic heterocycles. The Hall–Kier alpha value is -2.05. The van der Waals surface area contributed by atoms with Gasteiger partial charge in [-0.15, -0.1) is 0 Å². The van der Waals surface area contributed by atoms with Crippen LogP contribution in [0.4, 0.5) is 5.69 Å². The molecule has 0 aliphatic rings. The molecule has 0 saturated heterocycles. The highest BCUT2D eigenvalue weighted by molar-refractivity contribution is 7.89. The maximum absolute atomic E-state index is 12.6. The Morgan fingerprint density at radius 1 is 0.815 bits per heavy atom. The van der Waals surface area contributed by atoms with Gasteiger partial charge in [-0.1, -0.05) is 65.7 Å². The second kappa shape index (κ2) is 8.76. The molecule has 0 saturated carbocycles. The summed E-state index contributed by atoms with van der Waals surface area (Å²) < 4.78 is 27.8. The molecule has 27 heavy (non-hydrogen) atoms. The van der Waals surface area contributed by atoms with Crippen molar-refractivity contribution >= 4 is 38.9 Å². The third-order valence-corrected chi connectivity index (χ3v) is 6.03. The van der Waals surface area contributed by atoms with Crippen molar-refractivity contribution in [2.24, 2.45) is 0 Å². The molecule has 3 aromatic carbocycles. The van der Waals surface area contributed by atoms with Crippen LogP contribution in [0.25, 0.3) is 0 Å². The smallest absolute Gasteiger partial charge is 0.240 e. The maximum Gasteiger partial charge on any atom is 0.240 e. The molecule has 1 atom stereocenters. The number of sulfonamides is 1.